The van der Waals surface area contributed by atoms with Gasteiger partial charge < -0.3 is 9.80 Å². The normalized spacial score (nSPS) is 18.0. The molecule has 1 aromatic rings. The molecule has 6 nitrogen and oxygen atoms in total. The van der Waals surface area contributed by atoms with Crippen molar-refractivity contribution in [1.82, 2.24) is 14.5 Å². The first-order valence-corrected chi connectivity index (χ1v) is 9.90. The smallest absolute Gasteiger partial charge is 0.241 e. The van der Waals surface area contributed by atoms with Crippen LogP contribution in [-0.2, 0) is 14.8 Å². The highest BCUT2D eigenvalue weighted by Gasteiger charge is 2.27. The highest BCUT2D eigenvalue weighted by Crippen LogP contribution is 2.15. The fourth-order valence-corrected chi connectivity index (χ4v) is 3.98. The number of likely N-dealkylation sites (N-methyl/N-ethyl adjacent to an activating group) is 1. The Morgan fingerprint density at radius 3 is 2.30 bits per heavy atom. The number of nitrogens with one attached hydrogen (secondary N) is 1. The zero-order chi connectivity index (χ0) is 17.0. The summed E-state index contributed by atoms with van der Waals surface area (Å²) in [6, 6.07) is 5.54. The third-order valence-electron chi connectivity index (χ3n) is 3.96. The average molecular weight is 404 g/mol. The maximum Gasteiger partial charge on any atom is 0.241 e. The standard InChI is InChI=1S/C15H22BrN3O3S/c1-3-18-8-10-19(11-9-18)15(20)12(2)17-23(21,22)14-6-4-13(16)5-7-14/h4-7,12,17H,3,8-11H2,1-2H3/t12-/m0/s1. The van der Waals surface area contributed by atoms with Gasteiger partial charge >= 0.3 is 0 Å². The number of hydrogen-bond acceptors (Lipinski definition) is 4. The summed E-state index contributed by atoms with van der Waals surface area (Å²) in [5.74, 6) is -0.179. The van der Waals surface area contributed by atoms with Crippen LogP contribution in [0.4, 0.5) is 0 Å². The molecular weight excluding hydrogens is 382 g/mol. The molecule has 0 radical (unpaired) electrons. The Labute approximate surface area is 146 Å². The summed E-state index contributed by atoms with van der Waals surface area (Å²) in [6.07, 6.45) is 0. The van der Waals surface area contributed by atoms with Gasteiger partial charge in [0.05, 0.1) is 10.9 Å². The van der Waals surface area contributed by atoms with Gasteiger partial charge in [0.15, 0.2) is 0 Å². The van der Waals surface area contributed by atoms with Crippen LogP contribution < -0.4 is 4.72 Å². The molecule has 0 aliphatic carbocycles. The summed E-state index contributed by atoms with van der Waals surface area (Å²) in [5, 5.41) is 0. The predicted octanol–water partition coefficient (Wildman–Crippen LogP) is 1.28. The van der Waals surface area contributed by atoms with Crippen molar-refractivity contribution in [2.45, 2.75) is 24.8 Å². The van der Waals surface area contributed by atoms with E-state index in [1.165, 1.54) is 12.1 Å². The molecule has 0 unspecified atom stereocenters. The van der Waals surface area contributed by atoms with Gasteiger partial charge in [-0.3, -0.25) is 4.79 Å². The molecule has 1 aliphatic rings. The molecular formula is C15H22BrN3O3S. The molecule has 0 aromatic heterocycles. The third kappa shape index (κ3) is 4.76. The molecule has 0 spiro atoms. The van der Waals surface area contributed by atoms with Crippen LogP contribution in [0.5, 0.6) is 0 Å². The minimum atomic E-state index is -3.70. The second-order valence-electron chi connectivity index (χ2n) is 5.56. The summed E-state index contributed by atoms with van der Waals surface area (Å²) >= 11 is 3.27. The van der Waals surface area contributed by atoms with E-state index in [2.05, 4.69) is 32.5 Å². The number of halogens is 1. The number of rotatable bonds is 5. The van der Waals surface area contributed by atoms with Gasteiger partial charge in [-0.1, -0.05) is 22.9 Å². The number of sulfonamides is 1. The number of amides is 1. The number of piperazine rings is 1. The molecule has 8 heteroatoms. The summed E-state index contributed by atoms with van der Waals surface area (Å²) in [5.41, 5.74) is 0. The maximum absolute atomic E-state index is 12.4. The molecule has 0 bridgehead atoms. The minimum absolute atomic E-state index is 0.149. The Bertz CT molecular complexity index is 640. The molecule has 1 atom stereocenters. The van der Waals surface area contributed by atoms with Gasteiger partial charge in [0, 0.05) is 30.7 Å². The van der Waals surface area contributed by atoms with Crippen molar-refractivity contribution in [2.75, 3.05) is 32.7 Å². The molecule has 1 saturated heterocycles. The Kier molecular flexibility index (Phi) is 6.19. The zero-order valence-corrected chi connectivity index (χ0v) is 15.7. The van der Waals surface area contributed by atoms with Crippen molar-refractivity contribution < 1.29 is 13.2 Å². The highest BCUT2D eigenvalue weighted by atomic mass is 79.9. The summed E-state index contributed by atoms with van der Waals surface area (Å²) < 4.78 is 27.9. The van der Waals surface area contributed by atoms with E-state index in [0.29, 0.717) is 13.1 Å². The summed E-state index contributed by atoms with van der Waals surface area (Å²) in [6.45, 7) is 7.57. The second kappa shape index (κ2) is 7.74. The van der Waals surface area contributed by atoms with Gasteiger partial charge in [0.25, 0.3) is 0 Å². The molecule has 128 valence electrons. The Morgan fingerprint density at radius 2 is 1.78 bits per heavy atom. The molecule has 1 heterocycles. The SMILES string of the molecule is CCN1CCN(C(=O)[C@H](C)NS(=O)(=O)c2ccc(Br)cc2)CC1. The van der Waals surface area contributed by atoms with E-state index in [1.807, 2.05) is 0 Å². The van der Waals surface area contributed by atoms with Crippen LogP contribution in [0.1, 0.15) is 13.8 Å². The van der Waals surface area contributed by atoms with Crippen molar-refractivity contribution in [3.05, 3.63) is 28.7 Å². The van der Waals surface area contributed by atoms with Crippen molar-refractivity contribution in [1.29, 1.82) is 0 Å². The molecule has 23 heavy (non-hydrogen) atoms. The van der Waals surface area contributed by atoms with Crippen molar-refractivity contribution >= 4 is 31.9 Å². The lowest BCUT2D eigenvalue weighted by Gasteiger charge is -2.35. The van der Waals surface area contributed by atoms with Crippen molar-refractivity contribution in [3.63, 3.8) is 0 Å². The fourth-order valence-electron chi connectivity index (χ4n) is 2.52. The van der Waals surface area contributed by atoms with E-state index >= 15 is 0 Å². The van der Waals surface area contributed by atoms with Gasteiger partial charge in [-0.05, 0) is 37.7 Å². The Balaban J connectivity index is 1.99. The molecule has 2 rings (SSSR count). The molecule has 1 aliphatic heterocycles. The first-order chi connectivity index (χ1) is 10.8. The van der Waals surface area contributed by atoms with Crippen molar-refractivity contribution in [3.8, 4) is 0 Å². The highest BCUT2D eigenvalue weighted by molar-refractivity contribution is 9.10. The lowest BCUT2D eigenvalue weighted by molar-refractivity contribution is -0.134. The maximum atomic E-state index is 12.4. The number of benzene rings is 1. The number of hydrogen-bond donors (Lipinski definition) is 1. The Hall–Kier alpha value is -0.960. The molecule has 0 saturated carbocycles. The van der Waals surface area contributed by atoms with Gasteiger partial charge in [0.1, 0.15) is 0 Å². The average Bonchev–Trinajstić information content (AvgIpc) is 2.54. The van der Waals surface area contributed by atoms with Gasteiger partial charge in [-0.2, -0.15) is 4.72 Å². The first-order valence-electron chi connectivity index (χ1n) is 7.62. The van der Waals surface area contributed by atoms with E-state index in [-0.39, 0.29) is 10.8 Å². The first kappa shape index (κ1) is 18.4. The van der Waals surface area contributed by atoms with Crippen LogP contribution in [0, 0.1) is 0 Å². The van der Waals surface area contributed by atoms with Crippen LogP contribution in [-0.4, -0.2) is 62.9 Å². The van der Waals surface area contributed by atoms with Crippen LogP contribution in [0.25, 0.3) is 0 Å². The van der Waals surface area contributed by atoms with Gasteiger partial charge in [0.2, 0.25) is 15.9 Å². The minimum Gasteiger partial charge on any atom is -0.339 e. The van der Waals surface area contributed by atoms with Gasteiger partial charge in [-0.25, -0.2) is 8.42 Å². The lowest BCUT2D eigenvalue weighted by atomic mass is 10.2. The van der Waals surface area contributed by atoms with Crippen LogP contribution in [0.15, 0.2) is 33.6 Å². The number of carbonyl (C=O) groups is 1. The molecule has 1 aromatic carbocycles. The predicted molar refractivity (Wildman–Crippen MR) is 92.6 cm³/mol. The van der Waals surface area contributed by atoms with Gasteiger partial charge in [-0.15, -0.1) is 0 Å². The Morgan fingerprint density at radius 1 is 1.22 bits per heavy atom. The molecule has 1 fully saturated rings. The fraction of sp³-hybridized carbons (Fsp3) is 0.533. The summed E-state index contributed by atoms with van der Waals surface area (Å²) in [4.78, 5) is 16.6. The zero-order valence-electron chi connectivity index (χ0n) is 13.3. The van der Waals surface area contributed by atoms with E-state index < -0.39 is 16.1 Å². The van der Waals surface area contributed by atoms with Crippen molar-refractivity contribution in [2.24, 2.45) is 0 Å². The second-order valence-corrected chi connectivity index (χ2v) is 8.19. The lowest BCUT2D eigenvalue weighted by Crippen LogP contribution is -2.54. The van der Waals surface area contributed by atoms with E-state index in [0.717, 1.165) is 24.1 Å². The van der Waals surface area contributed by atoms with E-state index in [9.17, 15) is 13.2 Å². The number of nitrogens with zero attached hydrogens (tertiary/aromatic N) is 2. The largest absolute Gasteiger partial charge is 0.339 e. The quantitative estimate of drug-likeness (QED) is 0.803. The topological polar surface area (TPSA) is 69.7 Å². The summed E-state index contributed by atoms with van der Waals surface area (Å²) in [7, 11) is -3.70. The number of carbonyl (C=O) groups excluding carboxylic acids is 1. The molecule has 1 N–H and O–H groups in total. The third-order valence-corrected chi connectivity index (χ3v) is 6.04. The molecule has 1 amide bonds. The van der Waals surface area contributed by atoms with Crippen LogP contribution in [0.3, 0.4) is 0 Å². The van der Waals surface area contributed by atoms with E-state index in [4.69, 9.17) is 0 Å². The monoisotopic (exact) mass is 403 g/mol. The van der Waals surface area contributed by atoms with E-state index in [1.54, 1.807) is 24.0 Å². The van der Waals surface area contributed by atoms with Crippen LogP contribution >= 0.6 is 15.9 Å². The van der Waals surface area contributed by atoms with Crippen LogP contribution in [0.2, 0.25) is 0 Å².